The van der Waals surface area contributed by atoms with Gasteiger partial charge in [-0.15, -0.1) is 0 Å². The van der Waals surface area contributed by atoms with Gasteiger partial charge in [-0.25, -0.2) is 0 Å². The first-order chi connectivity index (χ1) is 8.78. The van der Waals surface area contributed by atoms with E-state index in [4.69, 9.17) is 9.31 Å². The second-order valence-corrected chi connectivity index (χ2v) is 5.86. The molecule has 6 heteroatoms. The van der Waals surface area contributed by atoms with Gasteiger partial charge in [0.15, 0.2) is 0 Å². The average molecular weight is 264 g/mol. The van der Waals surface area contributed by atoms with E-state index in [9.17, 15) is 4.79 Å². The highest BCUT2D eigenvalue weighted by Crippen LogP contribution is 2.36. The van der Waals surface area contributed by atoms with Crippen molar-refractivity contribution >= 4 is 12.6 Å². The summed E-state index contributed by atoms with van der Waals surface area (Å²) in [6.07, 6.45) is 1.63. The molecule has 1 saturated heterocycles. The van der Waals surface area contributed by atoms with Gasteiger partial charge in [0, 0.05) is 18.3 Å². The average Bonchev–Trinajstić information content (AvgIpc) is 2.51. The topological polar surface area (TPSA) is 63.4 Å². The normalized spacial score (nSPS) is 20.8. The lowest BCUT2D eigenvalue weighted by Gasteiger charge is -2.32. The van der Waals surface area contributed by atoms with Gasteiger partial charge < -0.3 is 19.6 Å². The van der Waals surface area contributed by atoms with E-state index in [1.807, 2.05) is 33.8 Å². The SMILES string of the molecule is CNCc1c(B2OC(C)(C)C(C)(C)O2)cc[nH]c1=O. The van der Waals surface area contributed by atoms with E-state index in [2.05, 4.69) is 10.3 Å². The van der Waals surface area contributed by atoms with Crippen molar-refractivity contribution in [3.63, 3.8) is 0 Å². The second-order valence-electron chi connectivity index (χ2n) is 5.86. The van der Waals surface area contributed by atoms with E-state index in [1.165, 1.54) is 0 Å². The molecule has 1 aromatic rings. The maximum atomic E-state index is 11.9. The number of nitrogens with one attached hydrogen (secondary N) is 2. The standard InChI is InChI=1S/C13H21BN2O3/c1-12(2)13(3,4)19-14(18-12)10-6-7-16-11(17)9(10)8-15-5/h6-7,15H,8H2,1-5H3,(H,16,17). The van der Waals surface area contributed by atoms with Gasteiger partial charge in [-0.2, -0.15) is 0 Å². The molecule has 0 unspecified atom stereocenters. The number of hydrogen-bond acceptors (Lipinski definition) is 4. The molecule has 0 aromatic carbocycles. The molecule has 0 aliphatic carbocycles. The van der Waals surface area contributed by atoms with Crippen molar-refractivity contribution in [1.29, 1.82) is 0 Å². The van der Waals surface area contributed by atoms with E-state index in [-0.39, 0.29) is 5.56 Å². The summed E-state index contributed by atoms with van der Waals surface area (Å²) in [5.41, 5.74) is 0.524. The number of aromatic amines is 1. The van der Waals surface area contributed by atoms with Crippen LogP contribution in [0, 0.1) is 0 Å². The third-order valence-electron chi connectivity index (χ3n) is 3.96. The van der Waals surface area contributed by atoms with Crippen LogP contribution in [0.15, 0.2) is 17.1 Å². The van der Waals surface area contributed by atoms with Gasteiger partial charge >= 0.3 is 7.12 Å². The molecule has 1 aliphatic heterocycles. The molecular formula is C13H21BN2O3. The van der Waals surface area contributed by atoms with E-state index in [0.29, 0.717) is 12.1 Å². The summed E-state index contributed by atoms with van der Waals surface area (Å²) in [4.78, 5) is 14.6. The maximum absolute atomic E-state index is 11.9. The fourth-order valence-electron chi connectivity index (χ4n) is 2.08. The fraction of sp³-hybridized carbons (Fsp3) is 0.615. The molecule has 1 fully saturated rings. The molecule has 0 bridgehead atoms. The number of aromatic nitrogens is 1. The summed E-state index contributed by atoms with van der Waals surface area (Å²) < 4.78 is 12.0. The summed E-state index contributed by atoms with van der Waals surface area (Å²) in [7, 11) is 1.30. The van der Waals surface area contributed by atoms with Gasteiger partial charge in [-0.3, -0.25) is 4.79 Å². The molecule has 0 saturated carbocycles. The molecule has 104 valence electrons. The molecule has 5 nitrogen and oxygen atoms in total. The van der Waals surface area contributed by atoms with E-state index >= 15 is 0 Å². The van der Waals surface area contributed by atoms with Crippen LogP contribution in [0.3, 0.4) is 0 Å². The third-order valence-corrected chi connectivity index (χ3v) is 3.96. The Morgan fingerprint density at radius 3 is 2.37 bits per heavy atom. The zero-order valence-corrected chi connectivity index (χ0v) is 12.2. The molecule has 0 radical (unpaired) electrons. The van der Waals surface area contributed by atoms with E-state index < -0.39 is 18.3 Å². The largest absolute Gasteiger partial charge is 0.495 e. The second kappa shape index (κ2) is 4.78. The lowest BCUT2D eigenvalue weighted by molar-refractivity contribution is 0.00578. The summed E-state index contributed by atoms with van der Waals surface area (Å²) >= 11 is 0. The van der Waals surface area contributed by atoms with Crippen LogP contribution >= 0.6 is 0 Å². The Bertz CT molecular complexity index is 509. The zero-order chi connectivity index (χ0) is 14.3. The number of rotatable bonds is 3. The van der Waals surface area contributed by atoms with E-state index in [1.54, 1.807) is 13.2 Å². The Kier molecular flexibility index (Phi) is 3.60. The predicted octanol–water partition coefficient (Wildman–Crippen LogP) is 0.393. The van der Waals surface area contributed by atoms with Crippen molar-refractivity contribution in [2.45, 2.75) is 45.4 Å². The number of hydrogen-bond donors (Lipinski definition) is 2. The van der Waals surface area contributed by atoms with Gasteiger partial charge in [0.25, 0.3) is 5.56 Å². The first-order valence-electron chi connectivity index (χ1n) is 6.49. The highest BCUT2D eigenvalue weighted by Gasteiger charge is 2.52. The van der Waals surface area contributed by atoms with Gasteiger partial charge in [-0.1, -0.05) is 0 Å². The highest BCUT2D eigenvalue weighted by molar-refractivity contribution is 6.62. The maximum Gasteiger partial charge on any atom is 0.495 e. The minimum atomic E-state index is -0.504. The van der Waals surface area contributed by atoms with Crippen LogP contribution in [0.5, 0.6) is 0 Å². The van der Waals surface area contributed by atoms with Crippen molar-refractivity contribution in [2.75, 3.05) is 7.05 Å². The summed E-state index contributed by atoms with van der Waals surface area (Å²) in [5, 5.41) is 3.00. The minimum Gasteiger partial charge on any atom is -0.399 e. The van der Waals surface area contributed by atoms with Crippen molar-refractivity contribution in [2.24, 2.45) is 0 Å². The van der Waals surface area contributed by atoms with Crippen LogP contribution in [-0.2, 0) is 15.9 Å². The molecular weight excluding hydrogens is 243 g/mol. The molecule has 0 spiro atoms. The van der Waals surface area contributed by atoms with Crippen LogP contribution in [0.2, 0.25) is 0 Å². The Balaban J connectivity index is 2.40. The Morgan fingerprint density at radius 2 is 1.84 bits per heavy atom. The Hall–Kier alpha value is -1.11. The molecule has 0 amide bonds. The lowest BCUT2D eigenvalue weighted by atomic mass is 9.76. The zero-order valence-electron chi connectivity index (χ0n) is 12.2. The highest BCUT2D eigenvalue weighted by atomic mass is 16.7. The Labute approximate surface area is 113 Å². The molecule has 1 aliphatic rings. The van der Waals surface area contributed by atoms with E-state index in [0.717, 1.165) is 5.46 Å². The Morgan fingerprint density at radius 1 is 1.26 bits per heavy atom. The summed E-state index contributed by atoms with van der Waals surface area (Å²) in [6.45, 7) is 8.47. The molecule has 2 rings (SSSR count). The molecule has 0 atom stereocenters. The predicted molar refractivity (Wildman–Crippen MR) is 75.5 cm³/mol. The molecule has 2 N–H and O–H groups in total. The van der Waals surface area contributed by atoms with Crippen molar-refractivity contribution in [1.82, 2.24) is 10.3 Å². The fourth-order valence-corrected chi connectivity index (χ4v) is 2.08. The van der Waals surface area contributed by atoms with Crippen LogP contribution < -0.4 is 16.3 Å². The number of H-pyrrole nitrogens is 1. The van der Waals surface area contributed by atoms with Gasteiger partial charge in [0.2, 0.25) is 0 Å². The monoisotopic (exact) mass is 264 g/mol. The van der Waals surface area contributed by atoms with Crippen molar-refractivity contribution in [3.8, 4) is 0 Å². The molecule has 2 heterocycles. The number of pyridine rings is 1. The van der Waals surface area contributed by atoms with Crippen LogP contribution in [-0.4, -0.2) is 30.4 Å². The van der Waals surface area contributed by atoms with Gasteiger partial charge in [-0.05, 0) is 46.3 Å². The molecule has 1 aromatic heterocycles. The van der Waals surface area contributed by atoms with Crippen molar-refractivity contribution < 1.29 is 9.31 Å². The van der Waals surface area contributed by atoms with Crippen molar-refractivity contribution in [3.05, 3.63) is 28.2 Å². The first kappa shape index (κ1) is 14.3. The first-order valence-corrected chi connectivity index (χ1v) is 6.49. The molecule has 19 heavy (non-hydrogen) atoms. The van der Waals surface area contributed by atoms with Crippen LogP contribution in [0.1, 0.15) is 33.3 Å². The smallest absolute Gasteiger partial charge is 0.399 e. The quantitative estimate of drug-likeness (QED) is 0.775. The van der Waals surface area contributed by atoms with Crippen LogP contribution in [0.4, 0.5) is 0 Å². The van der Waals surface area contributed by atoms with Gasteiger partial charge in [0.1, 0.15) is 0 Å². The lowest BCUT2D eigenvalue weighted by Crippen LogP contribution is -2.41. The summed E-state index contributed by atoms with van der Waals surface area (Å²) in [6, 6.07) is 1.84. The third kappa shape index (κ3) is 2.48. The van der Waals surface area contributed by atoms with Crippen LogP contribution in [0.25, 0.3) is 0 Å². The minimum absolute atomic E-state index is 0.110. The van der Waals surface area contributed by atoms with Gasteiger partial charge in [0.05, 0.1) is 11.2 Å². The summed E-state index contributed by atoms with van der Waals surface area (Å²) in [5.74, 6) is 0.